The molecule has 7 heteroatoms. The van der Waals surface area contributed by atoms with Crippen molar-refractivity contribution in [2.45, 2.75) is 24.5 Å². The van der Waals surface area contributed by atoms with Crippen molar-refractivity contribution in [2.24, 2.45) is 0 Å². The van der Waals surface area contributed by atoms with E-state index in [1.165, 1.54) is 12.1 Å². The number of rotatable bonds is 8. The van der Waals surface area contributed by atoms with Crippen LogP contribution in [0.2, 0.25) is 0 Å². The summed E-state index contributed by atoms with van der Waals surface area (Å²) in [7, 11) is 0. The molecule has 0 heterocycles. The standard InChI is InChI=1S/C27H24N2O5/c28-14-13-24(30)21-11-5-6-12-22(21)26(32)25(31)15-29-27(33)34-16-23-19-9-3-1-7-17(19)18-8-2-4-10-20(18)23/h1-12,23,25-26,31-32H,13,15-16H2,(H,29,33). The molecule has 2 atom stereocenters. The zero-order valence-electron chi connectivity index (χ0n) is 18.3. The van der Waals surface area contributed by atoms with Gasteiger partial charge in [0, 0.05) is 18.0 Å². The highest BCUT2D eigenvalue weighted by Gasteiger charge is 2.29. The summed E-state index contributed by atoms with van der Waals surface area (Å²) in [4.78, 5) is 24.5. The van der Waals surface area contributed by atoms with E-state index in [-0.39, 0.29) is 36.6 Å². The number of amides is 1. The minimum atomic E-state index is -1.42. The van der Waals surface area contributed by atoms with Gasteiger partial charge in [0.25, 0.3) is 0 Å². The average molecular weight is 456 g/mol. The highest BCUT2D eigenvalue weighted by atomic mass is 16.5. The molecule has 2 unspecified atom stereocenters. The number of aliphatic hydroxyl groups is 2. The van der Waals surface area contributed by atoms with Gasteiger partial charge in [0.1, 0.15) is 18.8 Å². The number of nitrogens with one attached hydrogen (secondary N) is 1. The Morgan fingerprint density at radius 1 is 0.941 bits per heavy atom. The van der Waals surface area contributed by atoms with Gasteiger partial charge >= 0.3 is 6.09 Å². The summed E-state index contributed by atoms with van der Waals surface area (Å²) >= 11 is 0. The molecule has 172 valence electrons. The zero-order valence-corrected chi connectivity index (χ0v) is 18.3. The second-order valence-corrected chi connectivity index (χ2v) is 8.06. The number of fused-ring (bicyclic) bond motifs is 3. The predicted octanol–water partition coefficient (Wildman–Crippen LogP) is 3.72. The third kappa shape index (κ3) is 4.69. The van der Waals surface area contributed by atoms with E-state index in [1.807, 2.05) is 48.5 Å². The summed E-state index contributed by atoms with van der Waals surface area (Å²) in [5.74, 6) is -0.541. The molecule has 0 aromatic heterocycles. The predicted molar refractivity (Wildman–Crippen MR) is 125 cm³/mol. The Labute approximate surface area is 197 Å². The Morgan fingerprint density at radius 3 is 2.18 bits per heavy atom. The minimum absolute atomic E-state index is 0.0910. The van der Waals surface area contributed by atoms with Crippen LogP contribution < -0.4 is 5.32 Å². The molecule has 0 spiro atoms. The molecule has 3 aromatic rings. The van der Waals surface area contributed by atoms with Gasteiger partial charge in [0.2, 0.25) is 0 Å². The molecule has 0 aliphatic heterocycles. The molecule has 1 aliphatic carbocycles. The van der Waals surface area contributed by atoms with E-state index in [1.54, 1.807) is 18.2 Å². The number of nitriles is 1. The number of carbonyl (C=O) groups is 2. The highest BCUT2D eigenvalue weighted by Crippen LogP contribution is 2.44. The molecule has 7 nitrogen and oxygen atoms in total. The lowest BCUT2D eigenvalue weighted by atomic mass is 9.95. The van der Waals surface area contributed by atoms with Gasteiger partial charge < -0.3 is 20.3 Å². The van der Waals surface area contributed by atoms with Crippen molar-refractivity contribution in [1.29, 1.82) is 5.26 Å². The molecule has 0 saturated carbocycles. The van der Waals surface area contributed by atoms with E-state index < -0.39 is 24.1 Å². The van der Waals surface area contributed by atoms with Gasteiger partial charge in [-0.1, -0.05) is 72.8 Å². The summed E-state index contributed by atoms with van der Waals surface area (Å²) in [6.45, 7) is -0.150. The van der Waals surface area contributed by atoms with Gasteiger partial charge in [-0.3, -0.25) is 4.79 Å². The third-order valence-electron chi connectivity index (χ3n) is 5.98. The lowest BCUT2D eigenvalue weighted by Gasteiger charge is -2.21. The number of ether oxygens (including phenoxy) is 1. The van der Waals surface area contributed by atoms with Crippen LogP contribution >= 0.6 is 0 Å². The van der Waals surface area contributed by atoms with Crippen LogP contribution in [0.1, 0.15) is 45.5 Å². The number of alkyl carbamates (subject to hydrolysis) is 1. The van der Waals surface area contributed by atoms with Crippen molar-refractivity contribution in [2.75, 3.05) is 13.2 Å². The van der Waals surface area contributed by atoms with Crippen molar-refractivity contribution < 1.29 is 24.5 Å². The van der Waals surface area contributed by atoms with Crippen LogP contribution in [0.4, 0.5) is 4.79 Å². The lowest BCUT2D eigenvalue weighted by molar-refractivity contribution is 0.0180. The van der Waals surface area contributed by atoms with Crippen LogP contribution in [-0.2, 0) is 4.74 Å². The quantitative estimate of drug-likeness (QED) is 0.445. The molecule has 3 aromatic carbocycles. The van der Waals surface area contributed by atoms with Gasteiger partial charge in [-0.2, -0.15) is 5.26 Å². The molecule has 0 bridgehead atoms. The first-order chi connectivity index (χ1) is 16.5. The SMILES string of the molecule is N#CCC(=O)c1ccccc1C(O)C(O)CNC(=O)OCC1c2ccccc2-c2ccccc21. The monoisotopic (exact) mass is 456 g/mol. The number of nitrogens with zero attached hydrogens (tertiary/aromatic N) is 1. The minimum Gasteiger partial charge on any atom is -0.449 e. The zero-order chi connectivity index (χ0) is 24.1. The lowest BCUT2D eigenvalue weighted by Crippen LogP contribution is -2.36. The average Bonchev–Trinajstić information content (AvgIpc) is 3.19. The molecule has 0 fully saturated rings. The van der Waals surface area contributed by atoms with Gasteiger partial charge in [-0.05, 0) is 27.8 Å². The third-order valence-corrected chi connectivity index (χ3v) is 5.98. The van der Waals surface area contributed by atoms with Gasteiger partial charge in [-0.25, -0.2) is 4.79 Å². The van der Waals surface area contributed by atoms with Crippen molar-refractivity contribution in [1.82, 2.24) is 5.32 Å². The normalized spacial score (nSPS) is 13.8. The second kappa shape index (κ2) is 10.3. The molecule has 34 heavy (non-hydrogen) atoms. The van der Waals surface area contributed by atoms with E-state index in [2.05, 4.69) is 5.32 Å². The topological polar surface area (TPSA) is 120 Å². The summed E-state index contributed by atoms with van der Waals surface area (Å²) in [6.07, 6.45) is -3.86. The maximum atomic E-state index is 12.3. The molecule has 0 radical (unpaired) electrons. The number of aliphatic hydroxyl groups excluding tert-OH is 2. The number of hydrogen-bond acceptors (Lipinski definition) is 6. The fourth-order valence-electron chi connectivity index (χ4n) is 4.33. The first kappa shape index (κ1) is 23.2. The first-order valence-electron chi connectivity index (χ1n) is 10.9. The van der Waals surface area contributed by atoms with Crippen molar-refractivity contribution in [3.8, 4) is 17.2 Å². The van der Waals surface area contributed by atoms with Crippen molar-refractivity contribution in [3.63, 3.8) is 0 Å². The van der Waals surface area contributed by atoms with E-state index >= 15 is 0 Å². The van der Waals surface area contributed by atoms with Crippen LogP contribution in [-0.4, -0.2) is 41.3 Å². The molecule has 3 N–H and O–H groups in total. The van der Waals surface area contributed by atoms with Gasteiger partial charge in [-0.15, -0.1) is 0 Å². The number of carbonyl (C=O) groups excluding carboxylic acids is 2. The van der Waals surface area contributed by atoms with Crippen LogP contribution in [0, 0.1) is 11.3 Å². The molecular formula is C27H24N2O5. The number of ketones is 1. The fourth-order valence-corrected chi connectivity index (χ4v) is 4.33. The Balaban J connectivity index is 1.36. The van der Waals surface area contributed by atoms with Crippen molar-refractivity contribution >= 4 is 11.9 Å². The second-order valence-electron chi connectivity index (χ2n) is 8.06. The molecule has 4 rings (SSSR count). The van der Waals surface area contributed by atoms with Crippen LogP contribution in [0.25, 0.3) is 11.1 Å². The Bertz CT molecular complexity index is 1200. The van der Waals surface area contributed by atoms with Crippen LogP contribution in [0.3, 0.4) is 0 Å². The molecule has 1 aliphatic rings. The van der Waals surface area contributed by atoms with Crippen molar-refractivity contribution in [3.05, 3.63) is 95.1 Å². The van der Waals surface area contributed by atoms with Gasteiger partial charge in [0.05, 0.1) is 12.5 Å². The molecule has 0 saturated heterocycles. The van der Waals surface area contributed by atoms with E-state index in [0.29, 0.717) is 0 Å². The fraction of sp³-hybridized carbons (Fsp3) is 0.222. The van der Waals surface area contributed by atoms with Crippen LogP contribution in [0.5, 0.6) is 0 Å². The molecular weight excluding hydrogens is 432 g/mol. The van der Waals surface area contributed by atoms with Gasteiger partial charge in [0.15, 0.2) is 5.78 Å². The summed E-state index contributed by atoms with van der Waals surface area (Å²) in [5.41, 5.74) is 4.78. The summed E-state index contributed by atoms with van der Waals surface area (Å²) < 4.78 is 5.44. The summed E-state index contributed by atoms with van der Waals surface area (Å²) in [5, 5.41) is 32.2. The van der Waals surface area contributed by atoms with E-state index in [4.69, 9.17) is 10.00 Å². The number of Topliss-reactive ketones (excluding diaryl/α,β-unsaturated/α-hetero) is 1. The Hall–Kier alpha value is -3.99. The van der Waals surface area contributed by atoms with E-state index in [9.17, 15) is 19.8 Å². The maximum Gasteiger partial charge on any atom is 0.407 e. The Kier molecular flexibility index (Phi) is 7.02. The Morgan fingerprint density at radius 2 is 1.53 bits per heavy atom. The number of hydrogen-bond donors (Lipinski definition) is 3. The largest absolute Gasteiger partial charge is 0.449 e. The highest BCUT2D eigenvalue weighted by molar-refractivity contribution is 5.98. The van der Waals surface area contributed by atoms with E-state index in [0.717, 1.165) is 22.3 Å². The number of benzene rings is 3. The molecule has 1 amide bonds. The summed E-state index contributed by atoms with van der Waals surface area (Å²) in [6, 6.07) is 24.0. The smallest absolute Gasteiger partial charge is 0.407 e. The maximum absolute atomic E-state index is 12.3. The van der Waals surface area contributed by atoms with Crippen LogP contribution in [0.15, 0.2) is 72.8 Å². The first-order valence-corrected chi connectivity index (χ1v) is 10.9.